The molecule has 0 aliphatic carbocycles. The number of aliphatic imine (C=N–C) groups is 1. The summed E-state index contributed by atoms with van der Waals surface area (Å²) in [5, 5.41) is 0. The van der Waals surface area contributed by atoms with Gasteiger partial charge in [-0.05, 0) is 37.6 Å². The Kier molecular flexibility index (Phi) is 11.5. The molecule has 0 fully saturated rings. The fourth-order valence-corrected chi connectivity index (χ4v) is 2.51. The Bertz CT molecular complexity index is 767. The third kappa shape index (κ3) is 9.85. The number of ether oxygens (including phenoxy) is 3. The SMILES string of the molecule is COC(=O)CCCCC=NC(C(C)C(N)=O)[C@H](N)C(=O)OC(=O)COc1ccccc1. The molecule has 0 aliphatic rings. The fraction of sp³-hybridized carbons (Fsp3) is 0.476. The van der Waals surface area contributed by atoms with Crippen molar-refractivity contribution < 1.29 is 33.4 Å². The standard InChI is InChI=1S/C21H29N3O7/c1-14(20(23)27)19(24-12-8-4-7-11-16(25)29-2)18(22)21(28)31-17(26)13-30-15-9-5-3-6-10-15/h3,5-6,9-10,12,14,18-19H,4,7-8,11,13,22H2,1-2H3,(H2,23,27)/t14?,18-,19?/m0/s1. The fourth-order valence-electron chi connectivity index (χ4n) is 2.51. The molecule has 0 saturated carbocycles. The Balaban J connectivity index is 2.60. The lowest BCUT2D eigenvalue weighted by molar-refractivity contribution is -0.162. The molecule has 0 radical (unpaired) electrons. The minimum absolute atomic E-state index is 0.282. The van der Waals surface area contributed by atoms with Crippen molar-refractivity contribution in [2.45, 2.75) is 44.7 Å². The molecule has 1 rings (SSSR count). The number of nitrogens with zero attached hydrogens (tertiary/aromatic N) is 1. The number of unbranched alkanes of at least 4 members (excludes halogenated alkanes) is 2. The Hall–Kier alpha value is -3.27. The number of primary amides is 1. The molecule has 170 valence electrons. The van der Waals surface area contributed by atoms with Crippen molar-refractivity contribution in [3.05, 3.63) is 30.3 Å². The van der Waals surface area contributed by atoms with Gasteiger partial charge in [0.1, 0.15) is 11.8 Å². The minimum Gasteiger partial charge on any atom is -0.482 e. The van der Waals surface area contributed by atoms with Crippen LogP contribution in [0.2, 0.25) is 0 Å². The summed E-state index contributed by atoms with van der Waals surface area (Å²) in [6.07, 6.45) is 3.52. The third-order valence-electron chi connectivity index (χ3n) is 4.38. The van der Waals surface area contributed by atoms with E-state index in [2.05, 4.69) is 9.73 Å². The van der Waals surface area contributed by atoms with Crippen LogP contribution in [-0.4, -0.2) is 55.8 Å². The van der Waals surface area contributed by atoms with Crippen LogP contribution in [0.1, 0.15) is 32.6 Å². The Morgan fingerprint density at radius 3 is 2.39 bits per heavy atom. The molecule has 10 nitrogen and oxygen atoms in total. The third-order valence-corrected chi connectivity index (χ3v) is 4.38. The van der Waals surface area contributed by atoms with Crippen LogP contribution >= 0.6 is 0 Å². The number of carbonyl (C=O) groups excluding carboxylic acids is 4. The van der Waals surface area contributed by atoms with Crippen molar-refractivity contribution in [1.82, 2.24) is 0 Å². The summed E-state index contributed by atoms with van der Waals surface area (Å²) in [5.41, 5.74) is 11.2. The second-order valence-corrected chi connectivity index (χ2v) is 6.76. The smallest absolute Gasteiger partial charge is 0.351 e. The quantitative estimate of drug-likeness (QED) is 0.199. The van der Waals surface area contributed by atoms with Crippen LogP contribution < -0.4 is 16.2 Å². The topological polar surface area (TPSA) is 160 Å². The highest BCUT2D eigenvalue weighted by Crippen LogP contribution is 2.13. The second-order valence-electron chi connectivity index (χ2n) is 6.76. The highest BCUT2D eigenvalue weighted by Gasteiger charge is 2.33. The molecule has 0 spiro atoms. The molecule has 1 amide bonds. The number of para-hydroxylation sites is 1. The Morgan fingerprint density at radius 1 is 1.10 bits per heavy atom. The van der Waals surface area contributed by atoms with Gasteiger partial charge in [0.25, 0.3) is 0 Å². The van der Waals surface area contributed by atoms with Gasteiger partial charge in [0.15, 0.2) is 6.61 Å². The molecule has 0 bridgehead atoms. The minimum atomic E-state index is -1.38. The van der Waals surface area contributed by atoms with Gasteiger partial charge >= 0.3 is 17.9 Å². The van der Waals surface area contributed by atoms with Crippen LogP contribution in [0.4, 0.5) is 0 Å². The molecular weight excluding hydrogens is 406 g/mol. The summed E-state index contributed by atoms with van der Waals surface area (Å²) < 4.78 is 14.5. The van der Waals surface area contributed by atoms with E-state index in [1.807, 2.05) is 0 Å². The van der Waals surface area contributed by atoms with Crippen LogP contribution in [0.3, 0.4) is 0 Å². The number of hydrogen-bond donors (Lipinski definition) is 2. The normalized spacial score (nSPS) is 13.8. The first-order chi connectivity index (χ1) is 14.8. The molecule has 2 unspecified atom stereocenters. The van der Waals surface area contributed by atoms with Gasteiger partial charge in [-0.15, -0.1) is 0 Å². The first-order valence-electron chi connectivity index (χ1n) is 9.82. The summed E-state index contributed by atoms with van der Waals surface area (Å²) >= 11 is 0. The van der Waals surface area contributed by atoms with Gasteiger partial charge in [-0.3, -0.25) is 14.6 Å². The van der Waals surface area contributed by atoms with E-state index in [1.54, 1.807) is 30.3 Å². The number of methoxy groups -OCH3 is 1. The van der Waals surface area contributed by atoms with E-state index < -0.39 is 42.5 Å². The predicted molar refractivity (Wildman–Crippen MR) is 112 cm³/mol. The average Bonchev–Trinajstić information content (AvgIpc) is 2.76. The highest BCUT2D eigenvalue weighted by atomic mass is 16.6. The van der Waals surface area contributed by atoms with Gasteiger partial charge in [0, 0.05) is 6.42 Å². The highest BCUT2D eigenvalue weighted by molar-refractivity contribution is 5.90. The van der Waals surface area contributed by atoms with E-state index in [9.17, 15) is 19.2 Å². The molecule has 1 aromatic rings. The van der Waals surface area contributed by atoms with Gasteiger partial charge in [-0.25, -0.2) is 9.59 Å². The van der Waals surface area contributed by atoms with E-state index in [-0.39, 0.29) is 12.4 Å². The molecule has 31 heavy (non-hydrogen) atoms. The van der Waals surface area contributed by atoms with Crippen LogP contribution in [0, 0.1) is 5.92 Å². The monoisotopic (exact) mass is 435 g/mol. The lowest BCUT2D eigenvalue weighted by Gasteiger charge is -2.22. The largest absolute Gasteiger partial charge is 0.482 e. The second kappa shape index (κ2) is 13.9. The number of esters is 3. The number of rotatable bonds is 13. The predicted octanol–water partition coefficient (Wildman–Crippen LogP) is 0.757. The van der Waals surface area contributed by atoms with Crippen molar-refractivity contribution in [2.75, 3.05) is 13.7 Å². The molecule has 0 aliphatic heterocycles. The Labute approximate surface area is 180 Å². The number of nitrogens with two attached hydrogens (primary N) is 2. The summed E-state index contributed by atoms with van der Waals surface area (Å²) in [5.74, 6) is -3.40. The number of carbonyl (C=O) groups is 4. The molecule has 10 heteroatoms. The summed E-state index contributed by atoms with van der Waals surface area (Å²) in [6.45, 7) is 0.997. The first kappa shape index (κ1) is 25.8. The molecule has 4 N–H and O–H groups in total. The maximum Gasteiger partial charge on any atom is 0.351 e. The van der Waals surface area contributed by atoms with Crippen LogP contribution in [0.5, 0.6) is 5.75 Å². The van der Waals surface area contributed by atoms with E-state index in [0.717, 1.165) is 0 Å². The van der Waals surface area contributed by atoms with Crippen molar-refractivity contribution in [1.29, 1.82) is 0 Å². The van der Waals surface area contributed by atoms with Gasteiger partial charge in [-0.2, -0.15) is 0 Å². The van der Waals surface area contributed by atoms with E-state index in [0.29, 0.717) is 25.0 Å². The zero-order chi connectivity index (χ0) is 23.2. The molecule has 0 aromatic heterocycles. The summed E-state index contributed by atoms with van der Waals surface area (Å²) in [7, 11) is 1.32. The van der Waals surface area contributed by atoms with Gasteiger partial charge in [0.05, 0.1) is 19.1 Å². The lowest BCUT2D eigenvalue weighted by Crippen LogP contribution is -2.49. The average molecular weight is 435 g/mol. The Morgan fingerprint density at radius 2 is 1.77 bits per heavy atom. The van der Waals surface area contributed by atoms with E-state index >= 15 is 0 Å². The van der Waals surface area contributed by atoms with Crippen molar-refractivity contribution in [3.8, 4) is 5.75 Å². The van der Waals surface area contributed by atoms with Crippen molar-refractivity contribution >= 4 is 30.0 Å². The van der Waals surface area contributed by atoms with Crippen LogP contribution in [-0.2, 0) is 28.7 Å². The van der Waals surface area contributed by atoms with E-state index in [1.165, 1.54) is 20.2 Å². The van der Waals surface area contributed by atoms with Crippen LogP contribution in [0.15, 0.2) is 35.3 Å². The van der Waals surface area contributed by atoms with Gasteiger partial charge in [-0.1, -0.05) is 25.1 Å². The van der Waals surface area contributed by atoms with Crippen molar-refractivity contribution in [2.24, 2.45) is 22.4 Å². The molecular formula is C21H29N3O7. The maximum absolute atomic E-state index is 12.3. The molecule has 0 saturated heterocycles. The van der Waals surface area contributed by atoms with Gasteiger partial charge in [0.2, 0.25) is 5.91 Å². The number of benzene rings is 1. The zero-order valence-corrected chi connectivity index (χ0v) is 17.7. The molecule has 3 atom stereocenters. The number of hydrogen-bond acceptors (Lipinski definition) is 9. The first-order valence-corrected chi connectivity index (χ1v) is 9.82. The summed E-state index contributed by atoms with van der Waals surface area (Å²) in [6, 6.07) is 6.14. The van der Waals surface area contributed by atoms with Crippen LogP contribution in [0.25, 0.3) is 0 Å². The molecule has 0 heterocycles. The number of amides is 1. The lowest BCUT2D eigenvalue weighted by atomic mass is 9.95. The zero-order valence-electron chi connectivity index (χ0n) is 17.7. The van der Waals surface area contributed by atoms with Gasteiger partial charge < -0.3 is 25.7 Å². The van der Waals surface area contributed by atoms with E-state index in [4.69, 9.17) is 20.9 Å². The maximum atomic E-state index is 12.3. The molecule has 1 aromatic carbocycles. The van der Waals surface area contributed by atoms with Crippen molar-refractivity contribution in [3.63, 3.8) is 0 Å². The summed E-state index contributed by atoms with van der Waals surface area (Å²) in [4.78, 5) is 51.0.